The molecule has 0 bridgehead atoms. The van der Waals surface area contributed by atoms with Gasteiger partial charge >= 0.3 is 6.16 Å². The number of nitro benzene ring substituents is 1. The number of fused-ring (bicyclic) bond motifs is 1. The number of unbranched alkanes of at least 4 members (excludes halogenated alkanes) is 4. The molecular weight excluding hydrogens is 526 g/mol. The molecule has 4 rings (SSSR count). The van der Waals surface area contributed by atoms with Gasteiger partial charge in [0, 0.05) is 18.6 Å². The maximum Gasteiger partial charge on any atom is 0.513 e. The molecular formula is C27H27N3O10. The number of hydrogen-bond acceptors (Lipinski definition) is 10. The number of imide groups is 2. The van der Waals surface area contributed by atoms with Gasteiger partial charge in [-0.3, -0.25) is 39.5 Å². The summed E-state index contributed by atoms with van der Waals surface area (Å²) < 4.78 is 15.7. The Hall–Kier alpha value is -4.81. The number of benzene rings is 2. The molecule has 210 valence electrons. The number of amides is 4. The number of nitrogens with one attached hydrogen (secondary N) is 1. The van der Waals surface area contributed by atoms with Gasteiger partial charge in [-0.15, -0.1) is 0 Å². The number of carbonyl (C=O) groups excluding carboxylic acids is 5. The lowest BCUT2D eigenvalue weighted by Crippen LogP contribution is -2.54. The fraction of sp³-hybridized carbons (Fsp3) is 0.370. The van der Waals surface area contributed by atoms with Crippen molar-refractivity contribution in [1.29, 1.82) is 0 Å². The first-order chi connectivity index (χ1) is 19.2. The van der Waals surface area contributed by atoms with E-state index < -0.39 is 40.7 Å². The summed E-state index contributed by atoms with van der Waals surface area (Å²) >= 11 is 0. The monoisotopic (exact) mass is 553 g/mol. The largest absolute Gasteiger partial charge is 0.513 e. The van der Waals surface area contributed by atoms with Gasteiger partial charge in [0.25, 0.3) is 17.5 Å². The van der Waals surface area contributed by atoms with Crippen molar-refractivity contribution in [2.45, 2.75) is 51.0 Å². The maximum absolute atomic E-state index is 12.9. The molecule has 2 aliphatic rings. The van der Waals surface area contributed by atoms with Crippen molar-refractivity contribution < 1.29 is 43.1 Å². The summed E-state index contributed by atoms with van der Waals surface area (Å²) in [7, 11) is 0. The normalized spacial score (nSPS) is 16.4. The molecule has 2 aliphatic heterocycles. The number of nitro groups is 1. The zero-order valence-electron chi connectivity index (χ0n) is 21.5. The van der Waals surface area contributed by atoms with Crippen LogP contribution in [-0.4, -0.2) is 58.9 Å². The molecule has 1 N–H and O–H groups in total. The van der Waals surface area contributed by atoms with E-state index in [1.165, 1.54) is 36.4 Å². The molecule has 1 saturated heterocycles. The summed E-state index contributed by atoms with van der Waals surface area (Å²) in [4.78, 5) is 71.9. The number of non-ortho nitro benzene ring substituents is 1. The smallest absolute Gasteiger partial charge is 0.494 e. The van der Waals surface area contributed by atoms with E-state index in [4.69, 9.17) is 14.2 Å². The Balaban J connectivity index is 1.11. The highest BCUT2D eigenvalue weighted by Gasteiger charge is 2.44. The van der Waals surface area contributed by atoms with E-state index in [0.29, 0.717) is 18.8 Å². The Kier molecular flexibility index (Phi) is 9.04. The Morgan fingerprint density at radius 2 is 1.55 bits per heavy atom. The van der Waals surface area contributed by atoms with Crippen molar-refractivity contribution in [1.82, 2.24) is 10.2 Å². The Bertz CT molecular complexity index is 1320. The van der Waals surface area contributed by atoms with Gasteiger partial charge in [0.1, 0.15) is 17.5 Å². The van der Waals surface area contributed by atoms with Crippen molar-refractivity contribution in [2.75, 3.05) is 13.2 Å². The standard InChI is InChI=1S/C27H27N3O10/c31-23-13-12-22(24(32)28-23)29-25(33)20-11-10-19(16-21(20)26(29)34)38-14-4-2-1-3-5-15-39-27(35)40-18-8-6-17(7-9-18)30(36)37/h6-11,16,22H,1-5,12-15H2,(H,28,31,32). The lowest BCUT2D eigenvalue weighted by molar-refractivity contribution is -0.384. The van der Waals surface area contributed by atoms with Gasteiger partial charge in [-0.05, 0) is 49.6 Å². The molecule has 1 unspecified atom stereocenters. The SMILES string of the molecule is O=C1CCC(N2C(=O)c3ccc(OCCCCCCCOC(=O)Oc4ccc([N+](=O)[O-])cc4)cc3C2=O)C(=O)N1. The lowest BCUT2D eigenvalue weighted by Gasteiger charge is -2.27. The van der Waals surface area contributed by atoms with Crippen LogP contribution in [0.3, 0.4) is 0 Å². The number of hydrogen-bond donors (Lipinski definition) is 1. The minimum Gasteiger partial charge on any atom is -0.494 e. The summed E-state index contributed by atoms with van der Waals surface area (Å²) in [6.07, 6.45) is 3.21. The average molecular weight is 554 g/mol. The minimum absolute atomic E-state index is 0.0576. The molecule has 1 fully saturated rings. The van der Waals surface area contributed by atoms with Crippen LogP contribution in [-0.2, 0) is 14.3 Å². The van der Waals surface area contributed by atoms with Gasteiger partial charge < -0.3 is 14.2 Å². The van der Waals surface area contributed by atoms with E-state index in [9.17, 15) is 34.1 Å². The van der Waals surface area contributed by atoms with E-state index in [1.807, 2.05) is 0 Å². The first kappa shape index (κ1) is 28.2. The molecule has 0 aliphatic carbocycles. The summed E-state index contributed by atoms with van der Waals surface area (Å²) in [6, 6.07) is 8.68. The van der Waals surface area contributed by atoms with E-state index in [1.54, 1.807) is 6.07 Å². The molecule has 4 amide bonds. The van der Waals surface area contributed by atoms with Gasteiger partial charge in [0.05, 0.1) is 29.3 Å². The molecule has 2 heterocycles. The first-order valence-electron chi connectivity index (χ1n) is 12.8. The van der Waals surface area contributed by atoms with Gasteiger partial charge in [-0.25, -0.2) is 4.79 Å². The molecule has 0 aromatic heterocycles. The highest BCUT2D eigenvalue weighted by molar-refractivity contribution is 6.23. The number of ether oxygens (including phenoxy) is 3. The number of piperidine rings is 1. The van der Waals surface area contributed by atoms with E-state index in [0.717, 1.165) is 30.6 Å². The zero-order valence-corrected chi connectivity index (χ0v) is 21.5. The van der Waals surface area contributed by atoms with Crippen LogP contribution in [0.5, 0.6) is 11.5 Å². The van der Waals surface area contributed by atoms with Gasteiger partial charge in [0.15, 0.2) is 0 Å². The van der Waals surface area contributed by atoms with Crippen LogP contribution in [0, 0.1) is 10.1 Å². The lowest BCUT2D eigenvalue weighted by atomic mass is 10.0. The predicted molar refractivity (Wildman–Crippen MR) is 137 cm³/mol. The molecule has 13 heteroatoms. The third-order valence-corrected chi connectivity index (χ3v) is 6.44. The Morgan fingerprint density at radius 3 is 2.25 bits per heavy atom. The van der Waals surface area contributed by atoms with Gasteiger partial charge in [0.2, 0.25) is 11.8 Å². The third-order valence-electron chi connectivity index (χ3n) is 6.44. The van der Waals surface area contributed by atoms with E-state index in [-0.39, 0.29) is 42.0 Å². The summed E-state index contributed by atoms with van der Waals surface area (Å²) in [5.74, 6) is -1.64. The van der Waals surface area contributed by atoms with Crippen LogP contribution in [0.4, 0.5) is 10.5 Å². The minimum atomic E-state index is -1.01. The van der Waals surface area contributed by atoms with Gasteiger partial charge in [-0.1, -0.05) is 19.3 Å². The van der Waals surface area contributed by atoms with Crippen LogP contribution < -0.4 is 14.8 Å². The van der Waals surface area contributed by atoms with E-state index >= 15 is 0 Å². The molecule has 0 saturated carbocycles. The number of rotatable bonds is 12. The predicted octanol–water partition coefficient (Wildman–Crippen LogP) is 3.54. The second-order valence-corrected chi connectivity index (χ2v) is 9.22. The Labute approximate surface area is 228 Å². The van der Waals surface area contributed by atoms with Crippen molar-refractivity contribution in [2.24, 2.45) is 0 Å². The molecule has 2 aromatic carbocycles. The van der Waals surface area contributed by atoms with Crippen molar-refractivity contribution in [3.8, 4) is 11.5 Å². The van der Waals surface area contributed by atoms with Crippen LogP contribution in [0.15, 0.2) is 42.5 Å². The second kappa shape index (κ2) is 12.8. The first-order valence-corrected chi connectivity index (χ1v) is 12.8. The number of nitrogens with zero attached hydrogens (tertiary/aromatic N) is 2. The highest BCUT2D eigenvalue weighted by atomic mass is 16.7. The quantitative estimate of drug-likeness (QED) is 0.102. The van der Waals surface area contributed by atoms with Crippen molar-refractivity contribution >= 4 is 35.5 Å². The van der Waals surface area contributed by atoms with Gasteiger partial charge in [-0.2, -0.15) is 0 Å². The van der Waals surface area contributed by atoms with Crippen LogP contribution in [0.2, 0.25) is 0 Å². The van der Waals surface area contributed by atoms with Crippen LogP contribution >= 0.6 is 0 Å². The molecule has 13 nitrogen and oxygen atoms in total. The van der Waals surface area contributed by atoms with E-state index in [2.05, 4.69) is 5.32 Å². The highest BCUT2D eigenvalue weighted by Crippen LogP contribution is 2.30. The second-order valence-electron chi connectivity index (χ2n) is 9.22. The van der Waals surface area contributed by atoms with Crippen LogP contribution in [0.25, 0.3) is 0 Å². The molecule has 0 radical (unpaired) electrons. The maximum atomic E-state index is 12.9. The van der Waals surface area contributed by atoms with Crippen LogP contribution in [0.1, 0.15) is 65.7 Å². The summed E-state index contributed by atoms with van der Waals surface area (Å²) in [6.45, 7) is 0.579. The van der Waals surface area contributed by atoms with Crippen molar-refractivity contribution in [3.05, 3.63) is 63.7 Å². The molecule has 40 heavy (non-hydrogen) atoms. The molecule has 2 aromatic rings. The number of carbonyl (C=O) groups is 5. The fourth-order valence-corrected chi connectivity index (χ4v) is 4.38. The topological polar surface area (TPSA) is 171 Å². The molecule has 0 spiro atoms. The molecule has 1 atom stereocenters. The average Bonchev–Trinajstić information content (AvgIpc) is 3.17. The zero-order chi connectivity index (χ0) is 28.6. The summed E-state index contributed by atoms with van der Waals surface area (Å²) in [5, 5.41) is 12.8. The Morgan fingerprint density at radius 1 is 0.900 bits per heavy atom. The summed E-state index contributed by atoms with van der Waals surface area (Å²) in [5.41, 5.74) is 0.253. The fourth-order valence-electron chi connectivity index (χ4n) is 4.38. The third kappa shape index (κ3) is 6.79. The van der Waals surface area contributed by atoms with Crippen molar-refractivity contribution in [3.63, 3.8) is 0 Å².